The Morgan fingerprint density at radius 2 is 1.79 bits per heavy atom. The molecule has 3 nitrogen and oxygen atoms in total. The quantitative estimate of drug-likeness (QED) is 0.689. The number of rotatable bonds is 9. The smallest absolute Gasteiger partial charge is 0.142 e. The summed E-state index contributed by atoms with van der Waals surface area (Å²) in [5.41, 5.74) is 9.48. The van der Waals surface area contributed by atoms with Crippen molar-refractivity contribution in [2.24, 2.45) is 0 Å². The predicted molar refractivity (Wildman–Crippen MR) is 102 cm³/mol. The molecule has 0 radical (unpaired) electrons. The van der Waals surface area contributed by atoms with Gasteiger partial charge in [0.25, 0.3) is 0 Å². The van der Waals surface area contributed by atoms with Crippen LogP contribution in [0.4, 0.5) is 5.69 Å². The van der Waals surface area contributed by atoms with Crippen molar-refractivity contribution in [2.45, 2.75) is 46.2 Å². The summed E-state index contributed by atoms with van der Waals surface area (Å²) in [5, 5.41) is 0. The molecule has 0 fully saturated rings. The molecule has 24 heavy (non-hydrogen) atoms. The highest BCUT2D eigenvalue weighted by atomic mass is 16.5. The van der Waals surface area contributed by atoms with Crippen molar-refractivity contribution in [2.75, 3.05) is 18.9 Å². The van der Waals surface area contributed by atoms with Crippen LogP contribution in [-0.4, -0.2) is 24.1 Å². The van der Waals surface area contributed by atoms with Crippen LogP contribution in [0.25, 0.3) is 0 Å². The highest BCUT2D eigenvalue weighted by Crippen LogP contribution is 2.24. The van der Waals surface area contributed by atoms with Gasteiger partial charge in [-0.2, -0.15) is 0 Å². The zero-order valence-electron chi connectivity index (χ0n) is 15.2. The number of anilines is 1. The first-order chi connectivity index (χ1) is 11.6. The number of nitrogen functional groups attached to an aromatic ring is 1. The molecule has 0 aliphatic rings. The summed E-state index contributed by atoms with van der Waals surface area (Å²) in [5.74, 6) is 0.796. The van der Waals surface area contributed by atoms with Gasteiger partial charge in [-0.25, -0.2) is 0 Å². The Labute approximate surface area is 146 Å². The van der Waals surface area contributed by atoms with E-state index in [2.05, 4.69) is 68.1 Å². The van der Waals surface area contributed by atoms with E-state index in [0.29, 0.717) is 12.6 Å². The molecule has 2 aromatic rings. The average molecular weight is 326 g/mol. The first-order valence-electron chi connectivity index (χ1n) is 8.93. The molecule has 0 aliphatic heterocycles. The molecule has 0 spiro atoms. The largest absolute Gasteiger partial charge is 0.491 e. The zero-order chi connectivity index (χ0) is 17.4. The van der Waals surface area contributed by atoms with Crippen LogP contribution < -0.4 is 10.5 Å². The molecule has 0 saturated carbocycles. The van der Waals surface area contributed by atoms with Crippen LogP contribution in [0.5, 0.6) is 5.75 Å². The molecular weight excluding hydrogens is 296 g/mol. The van der Waals surface area contributed by atoms with Crippen LogP contribution in [0.2, 0.25) is 0 Å². The van der Waals surface area contributed by atoms with Gasteiger partial charge in [-0.1, -0.05) is 50.2 Å². The van der Waals surface area contributed by atoms with Gasteiger partial charge in [0.1, 0.15) is 5.75 Å². The fourth-order valence-electron chi connectivity index (χ4n) is 2.94. The minimum atomic E-state index is 0.456. The fourth-order valence-corrected chi connectivity index (χ4v) is 2.94. The van der Waals surface area contributed by atoms with E-state index < -0.39 is 0 Å². The van der Waals surface area contributed by atoms with Crippen molar-refractivity contribution >= 4 is 5.69 Å². The lowest BCUT2D eigenvalue weighted by Gasteiger charge is -2.28. The van der Waals surface area contributed by atoms with Crippen LogP contribution in [0, 0.1) is 0 Å². The Morgan fingerprint density at radius 1 is 1.04 bits per heavy atom. The minimum Gasteiger partial charge on any atom is -0.491 e. The predicted octanol–water partition coefficient (Wildman–Crippen LogP) is 4.51. The van der Waals surface area contributed by atoms with Crippen molar-refractivity contribution in [3.8, 4) is 5.75 Å². The van der Waals surface area contributed by atoms with E-state index >= 15 is 0 Å². The van der Waals surface area contributed by atoms with E-state index in [1.54, 1.807) is 0 Å². The number of likely N-dealkylation sites (N-methyl/N-ethyl adjacent to an activating group) is 1. The second-order valence-electron chi connectivity index (χ2n) is 6.32. The Balaban J connectivity index is 1.99. The summed E-state index contributed by atoms with van der Waals surface area (Å²) >= 11 is 0. The molecule has 130 valence electrons. The maximum absolute atomic E-state index is 6.13. The van der Waals surface area contributed by atoms with Gasteiger partial charge in [0.2, 0.25) is 0 Å². The normalized spacial score (nSPS) is 12.3. The van der Waals surface area contributed by atoms with Crippen LogP contribution in [0.3, 0.4) is 0 Å². The summed E-state index contributed by atoms with van der Waals surface area (Å²) in [7, 11) is 0. The molecule has 0 heterocycles. The van der Waals surface area contributed by atoms with E-state index in [0.717, 1.165) is 37.4 Å². The molecule has 0 bridgehead atoms. The molecule has 0 saturated heterocycles. The lowest BCUT2D eigenvalue weighted by Crippen LogP contribution is -2.34. The molecule has 1 unspecified atom stereocenters. The number of hydrogen-bond donors (Lipinski definition) is 1. The Hall–Kier alpha value is -2.00. The van der Waals surface area contributed by atoms with E-state index in [1.165, 1.54) is 11.1 Å². The number of benzene rings is 2. The molecule has 2 rings (SSSR count). The number of nitrogens with two attached hydrogens (primary N) is 1. The Bertz CT molecular complexity index is 612. The van der Waals surface area contributed by atoms with Gasteiger partial charge in [0, 0.05) is 12.6 Å². The Morgan fingerprint density at radius 3 is 2.42 bits per heavy atom. The van der Waals surface area contributed by atoms with E-state index in [4.69, 9.17) is 10.5 Å². The molecule has 2 N–H and O–H groups in total. The van der Waals surface area contributed by atoms with Gasteiger partial charge in [-0.15, -0.1) is 0 Å². The first-order valence-corrected chi connectivity index (χ1v) is 8.93. The van der Waals surface area contributed by atoms with Crippen molar-refractivity contribution in [3.05, 3.63) is 59.7 Å². The lowest BCUT2D eigenvalue weighted by molar-refractivity contribution is 0.209. The highest BCUT2D eigenvalue weighted by molar-refractivity contribution is 5.54. The van der Waals surface area contributed by atoms with E-state index in [-0.39, 0.29) is 0 Å². The van der Waals surface area contributed by atoms with Gasteiger partial charge < -0.3 is 10.5 Å². The molecule has 0 aliphatic carbocycles. The third-order valence-electron chi connectivity index (χ3n) is 4.33. The number of ether oxygens (including phenoxy) is 1. The second kappa shape index (κ2) is 9.33. The Kier molecular flexibility index (Phi) is 7.13. The number of nitrogens with zero attached hydrogens (tertiary/aromatic N) is 1. The molecule has 0 aromatic heterocycles. The second-order valence-corrected chi connectivity index (χ2v) is 6.32. The van der Waals surface area contributed by atoms with Gasteiger partial charge in [0.15, 0.2) is 0 Å². The van der Waals surface area contributed by atoms with Gasteiger partial charge in [0.05, 0.1) is 12.3 Å². The molecular formula is C21H30N2O. The maximum atomic E-state index is 6.13. The summed E-state index contributed by atoms with van der Waals surface area (Å²) in [4.78, 5) is 2.49. The summed E-state index contributed by atoms with van der Waals surface area (Å²) < 4.78 is 5.66. The first kappa shape index (κ1) is 18.3. The molecule has 0 amide bonds. The lowest BCUT2D eigenvalue weighted by atomic mass is 10.0. The van der Waals surface area contributed by atoms with Crippen molar-refractivity contribution in [1.82, 2.24) is 4.90 Å². The summed E-state index contributed by atoms with van der Waals surface area (Å²) in [6, 6.07) is 17.3. The monoisotopic (exact) mass is 326 g/mol. The number of hydrogen-bond acceptors (Lipinski definition) is 3. The maximum Gasteiger partial charge on any atom is 0.142 e. The molecule has 2 aromatic carbocycles. The van der Waals surface area contributed by atoms with Gasteiger partial charge >= 0.3 is 0 Å². The van der Waals surface area contributed by atoms with Crippen molar-refractivity contribution in [3.63, 3.8) is 0 Å². The molecule has 3 heteroatoms. The van der Waals surface area contributed by atoms with E-state index in [1.807, 2.05) is 6.07 Å². The molecule has 1 atom stereocenters. The van der Waals surface area contributed by atoms with Crippen LogP contribution in [0.1, 0.15) is 38.3 Å². The third kappa shape index (κ3) is 5.27. The average Bonchev–Trinajstić information content (AvgIpc) is 2.59. The van der Waals surface area contributed by atoms with Crippen LogP contribution in [0.15, 0.2) is 48.5 Å². The van der Waals surface area contributed by atoms with E-state index in [9.17, 15) is 0 Å². The fraction of sp³-hybridized carbons (Fsp3) is 0.429. The SMILES string of the molecule is CCCOc1ccc(CC(C)N(CC)Cc2ccccc2)cc1N. The highest BCUT2D eigenvalue weighted by Gasteiger charge is 2.14. The topological polar surface area (TPSA) is 38.5 Å². The minimum absolute atomic E-state index is 0.456. The third-order valence-corrected chi connectivity index (χ3v) is 4.33. The van der Waals surface area contributed by atoms with Gasteiger partial charge in [-0.3, -0.25) is 4.90 Å². The van der Waals surface area contributed by atoms with Crippen molar-refractivity contribution < 1.29 is 4.74 Å². The zero-order valence-corrected chi connectivity index (χ0v) is 15.2. The summed E-state index contributed by atoms with van der Waals surface area (Å²) in [6.45, 7) is 9.31. The standard InChI is InChI=1S/C21H30N2O/c1-4-13-24-21-12-11-19(15-20(21)22)14-17(3)23(5-2)16-18-9-7-6-8-10-18/h6-12,15,17H,4-5,13-14,16,22H2,1-3H3. The van der Waals surface area contributed by atoms with Crippen LogP contribution >= 0.6 is 0 Å². The van der Waals surface area contributed by atoms with Crippen LogP contribution in [-0.2, 0) is 13.0 Å². The summed E-state index contributed by atoms with van der Waals surface area (Å²) in [6.07, 6.45) is 1.97. The van der Waals surface area contributed by atoms with Gasteiger partial charge in [-0.05, 0) is 49.6 Å². The van der Waals surface area contributed by atoms with Crippen molar-refractivity contribution in [1.29, 1.82) is 0 Å².